The number of aryl methyl sites for hydroxylation is 1. The van der Waals surface area contributed by atoms with E-state index in [9.17, 15) is 4.79 Å². The molecule has 3 nitrogen and oxygen atoms in total. The Balaban J connectivity index is 1.67. The summed E-state index contributed by atoms with van der Waals surface area (Å²) < 4.78 is 0. The lowest BCUT2D eigenvalue weighted by Crippen LogP contribution is -2.46. The molecule has 0 bridgehead atoms. The van der Waals surface area contributed by atoms with E-state index in [1.165, 1.54) is 18.4 Å². The van der Waals surface area contributed by atoms with Crippen molar-refractivity contribution in [1.82, 2.24) is 10.6 Å². The van der Waals surface area contributed by atoms with Gasteiger partial charge in [-0.3, -0.25) is 4.79 Å². The third kappa shape index (κ3) is 6.23. The molecule has 2 N–H and O–H groups in total. The molecule has 1 fully saturated rings. The number of hydrogen-bond acceptors (Lipinski definition) is 2. The Morgan fingerprint density at radius 2 is 1.75 bits per heavy atom. The molecule has 0 aliphatic heterocycles. The summed E-state index contributed by atoms with van der Waals surface area (Å²) in [7, 11) is 0. The van der Waals surface area contributed by atoms with Gasteiger partial charge >= 0.3 is 0 Å². The van der Waals surface area contributed by atoms with Crippen LogP contribution in [0.4, 0.5) is 0 Å². The largest absolute Gasteiger partial charge is 0.360 e. The van der Waals surface area contributed by atoms with Crippen molar-refractivity contribution >= 4 is 23.2 Å². The van der Waals surface area contributed by atoms with Crippen molar-refractivity contribution in [3.8, 4) is 0 Å². The Labute approximate surface area is 151 Å². The van der Waals surface area contributed by atoms with Gasteiger partial charge in [-0.1, -0.05) is 51.1 Å². The lowest BCUT2D eigenvalue weighted by atomic mass is 9.71. The van der Waals surface area contributed by atoms with E-state index < -0.39 is 0 Å². The van der Waals surface area contributed by atoms with Gasteiger partial charge in [-0.15, -0.1) is 0 Å². The lowest BCUT2D eigenvalue weighted by Gasteiger charge is -2.37. The molecule has 1 saturated carbocycles. The molecule has 0 unspecified atom stereocenters. The van der Waals surface area contributed by atoms with Crippen LogP contribution in [0.25, 0.3) is 0 Å². The SMILES string of the molecule is CC(C)(C)C1CCC(NC(=S)NC(=O)CCc2ccccc2)CC1. The third-order valence-corrected chi connectivity index (χ3v) is 5.24. The van der Waals surface area contributed by atoms with Crippen LogP contribution >= 0.6 is 12.2 Å². The molecule has 2 rings (SSSR count). The molecule has 0 atom stereocenters. The maximum Gasteiger partial charge on any atom is 0.226 e. The fraction of sp³-hybridized carbons (Fsp3) is 0.600. The van der Waals surface area contributed by atoms with Crippen LogP contribution in [-0.4, -0.2) is 17.1 Å². The second kappa shape index (κ2) is 8.61. The molecular weight excluding hydrogens is 316 g/mol. The van der Waals surface area contributed by atoms with Gasteiger partial charge < -0.3 is 10.6 Å². The molecule has 0 aromatic heterocycles. The van der Waals surface area contributed by atoms with Crippen LogP contribution in [0.2, 0.25) is 0 Å². The van der Waals surface area contributed by atoms with Gasteiger partial charge in [0.2, 0.25) is 5.91 Å². The predicted octanol–water partition coefficient (Wildman–Crippen LogP) is 4.21. The number of carbonyl (C=O) groups excluding carboxylic acids is 1. The monoisotopic (exact) mass is 346 g/mol. The van der Waals surface area contributed by atoms with Gasteiger partial charge in [-0.2, -0.15) is 0 Å². The average molecular weight is 347 g/mol. The smallest absolute Gasteiger partial charge is 0.226 e. The van der Waals surface area contributed by atoms with E-state index in [0.29, 0.717) is 23.0 Å². The Morgan fingerprint density at radius 3 is 2.33 bits per heavy atom. The highest BCUT2D eigenvalue weighted by Crippen LogP contribution is 2.37. The van der Waals surface area contributed by atoms with Crippen LogP contribution in [0, 0.1) is 11.3 Å². The Morgan fingerprint density at radius 1 is 1.12 bits per heavy atom. The molecule has 24 heavy (non-hydrogen) atoms. The fourth-order valence-electron chi connectivity index (χ4n) is 3.42. The maximum absolute atomic E-state index is 12.0. The van der Waals surface area contributed by atoms with Crippen molar-refractivity contribution in [3.05, 3.63) is 35.9 Å². The summed E-state index contributed by atoms with van der Waals surface area (Å²) in [6.07, 6.45) is 5.91. The first-order valence-corrected chi connectivity index (χ1v) is 9.39. The van der Waals surface area contributed by atoms with Crippen LogP contribution in [0.1, 0.15) is 58.4 Å². The molecule has 0 saturated heterocycles. The van der Waals surface area contributed by atoms with Gasteiger partial charge in [0.25, 0.3) is 0 Å². The van der Waals surface area contributed by atoms with Gasteiger partial charge in [0.05, 0.1) is 0 Å². The van der Waals surface area contributed by atoms with Crippen molar-refractivity contribution in [2.24, 2.45) is 11.3 Å². The molecular formula is C20H30N2OS. The standard InChI is InChI=1S/C20H30N2OS/c1-20(2,3)16-10-12-17(13-11-16)21-19(24)22-18(23)14-9-15-7-5-4-6-8-15/h4-8,16-17H,9-14H2,1-3H3,(H2,21,22,23,24). The van der Waals surface area contributed by atoms with Crippen molar-refractivity contribution in [2.45, 2.75) is 65.3 Å². The second-order valence-electron chi connectivity index (χ2n) is 7.92. The summed E-state index contributed by atoms with van der Waals surface area (Å²) in [4.78, 5) is 12.0. The van der Waals surface area contributed by atoms with Gasteiger partial charge in [0, 0.05) is 12.5 Å². The van der Waals surface area contributed by atoms with Crippen molar-refractivity contribution in [1.29, 1.82) is 0 Å². The van der Waals surface area contributed by atoms with Crippen molar-refractivity contribution in [3.63, 3.8) is 0 Å². The lowest BCUT2D eigenvalue weighted by molar-refractivity contribution is -0.119. The number of hydrogen-bond donors (Lipinski definition) is 2. The van der Waals surface area contributed by atoms with Crippen LogP contribution < -0.4 is 10.6 Å². The third-order valence-electron chi connectivity index (χ3n) is 5.02. The minimum atomic E-state index is -0.0141. The van der Waals surface area contributed by atoms with E-state index in [-0.39, 0.29) is 5.91 Å². The van der Waals surface area contributed by atoms with Crippen LogP contribution in [0.3, 0.4) is 0 Å². The molecule has 1 aliphatic rings. The quantitative estimate of drug-likeness (QED) is 0.802. The molecule has 132 valence electrons. The Kier molecular flexibility index (Phi) is 6.79. The van der Waals surface area contributed by atoms with Gasteiger partial charge in [0.1, 0.15) is 0 Å². The van der Waals surface area contributed by atoms with Crippen molar-refractivity contribution in [2.75, 3.05) is 0 Å². The first-order valence-electron chi connectivity index (χ1n) is 8.99. The number of benzene rings is 1. The van der Waals surface area contributed by atoms with Gasteiger partial charge in [-0.05, 0) is 61.2 Å². The number of rotatable bonds is 4. The van der Waals surface area contributed by atoms with Crippen LogP contribution in [0.5, 0.6) is 0 Å². The first kappa shape index (κ1) is 18.9. The maximum atomic E-state index is 12.0. The summed E-state index contributed by atoms with van der Waals surface area (Å²) in [5.41, 5.74) is 1.56. The predicted molar refractivity (Wildman–Crippen MR) is 104 cm³/mol. The van der Waals surface area contributed by atoms with E-state index >= 15 is 0 Å². The number of thiocarbonyl (C=S) groups is 1. The highest BCUT2D eigenvalue weighted by atomic mass is 32.1. The summed E-state index contributed by atoms with van der Waals surface area (Å²) in [6, 6.07) is 10.4. The first-order chi connectivity index (χ1) is 11.3. The minimum absolute atomic E-state index is 0.0141. The molecule has 1 aromatic rings. The van der Waals surface area contributed by atoms with E-state index in [1.54, 1.807) is 0 Å². The normalized spacial score (nSPS) is 21.1. The van der Waals surface area contributed by atoms with E-state index in [1.807, 2.05) is 30.3 Å². The summed E-state index contributed by atoms with van der Waals surface area (Å²) in [6.45, 7) is 6.97. The highest BCUT2D eigenvalue weighted by Gasteiger charge is 2.29. The topological polar surface area (TPSA) is 41.1 Å². The average Bonchev–Trinajstić information content (AvgIpc) is 2.53. The zero-order chi connectivity index (χ0) is 17.6. The Hall–Kier alpha value is -1.42. The van der Waals surface area contributed by atoms with Gasteiger partial charge in [0.15, 0.2) is 5.11 Å². The summed E-state index contributed by atoms with van der Waals surface area (Å²) >= 11 is 5.30. The molecule has 0 heterocycles. The summed E-state index contributed by atoms with van der Waals surface area (Å²) in [5.74, 6) is 0.768. The van der Waals surface area contributed by atoms with Gasteiger partial charge in [-0.25, -0.2) is 0 Å². The minimum Gasteiger partial charge on any atom is -0.360 e. The summed E-state index contributed by atoms with van der Waals surface area (Å²) in [5, 5.41) is 6.62. The molecule has 1 amide bonds. The Bertz CT molecular complexity index is 543. The number of carbonyl (C=O) groups is 1. The van der Waals surface area contributed by atoms with E-state index in [4.69, 9.17) is 12.2 Å². The molecule has 1 aromatic carbocycles. The molecule has 4 heteroatoms. The molecule has 1 aliphatic carbocycles. The van der Waals surface area contributed by atoms with Crippen LogP contribution in [-0.2, 0) is 11.2 Å². The number of amides is 1. The fourth-order valence-corrected chi connectivity index (χ4v) is 3.70. The van der Waals surface area contributed by atoms with E-state index in [0.717, 1.165) is 25.2 Å². The van der Waals surface area contributed by atoms with Crippen molar-refractivity contribution < 1.29 is 4.79 Å². The zero-order valence-electron chi connectivity index (χ0n) is 15.1. The second-order valence-corrected chi connectivity index (χ2v) is 8.33. The number of nitrogens with one attached hydrogen (secondary N) is 2. The van der Waals surface area contributed by atoms with Crippen LogP contribution in [0.15, 0.2) is 30.3 Å². The molecule has 0 radical (unpaired) electrons. The molecule has 0 spiro atoms. The zero-order valence-corrected chi connectivity index (χ0v) is 15.9. The highest BCUT2D eigenvalue weighted by molar-refractivity contribution is 7.80. The van der Waals surface area contributed by atoms with E-state index in [2.05, 4.69) is 31.4 Å².